The van der Waals surface area contributed by atoms with Crippen LogP contribution in [-0.4, -0.2) is 91.6 Å². The molecule has 4 N–H and O–H groups in total. The van der Waals surface area contributed by atoms with Crippen molar-refractivity contribution in [1.29, 1.82) is 0 Å². The topological polar surface area (TPSA) is 90.2 Å². The lowest BCUT2D eigenvalue weighted by atomic mass is 9.96. The van der Waals surface area contributed by atoms with Crippen molar-refractivity contribution in [1.82, 2.24) is 0 Å². The van der Waals surface area contributed by atoms with Gasteiger partial charge in [0.25, 0.3) is 0 Å². The quantitative estimate of drug-likeness (QED) is 0.293. The van der Waals surface area contributed by atoms with Crippen LogP contribution in [0.2, 0.25) is 26.2 Å². The molecule has 0 amide bonds. The van der Waals surface area contributed by atoms with Gasteiger partial charge in [-0.25, -0.2) is 0 Å². The summed E-state index contributed by atoms with van der Waals surface area (Å²) in [6.45, 7) is 7.52. The third-order valence-corrected chi connectivity index (χ3v) is 14.2. The monoisotopic (exact) mass is 374 g/mol. The molecule has 1 aliphatic heterocycles. The van der Waals surface area contributed by atoms with Crippen LogP contribution in [0.15, 0.2) is 0 Å². The average molecular weight is 375 g/mol. The summed E-state index contributed by atoms with van der Waals surface area (Å²) in [5.41, 5.74) is -1.82. The molecular weight excluding hydrogens is 348 g/mol. The number of hydrogen-bond donors (Lipinski definition) is 4. The van der Waals surface area contributed by atoms with Gasteiger partial charge >= 0.3 is 0 Å². The number of halogens is 1. The first kappa shape index (κ1) is 19.0. The van der Waals surface area contributed by atoms with Crippen molar-refractivity contribution in [2.75, 3.05) is 0 Å². The molecule has 1 aliphatic rings. The van der Waals surface area contributed by atoms with Crippen LogP contribution in [0, 0.1) is 0 Å². The first-order valence-corrected chi connectivity index (χ1v) is 16.4. The summed E-state index contributed by atoms with van der Waals surface area (Å²) in [4.78, 5) is 0. The maximum absolute atomic E-state index is 11.2. The highest BCUT2D eigenvalue weighted by atomic mass is 35.5. The van der Waals surface area contributed by atoms with Crippen LogP contribution in [0.1, 0.15) is 0 Å². The summed E-state index contributed by atoms with van der Waals surface area (Å²) in [5, 5.41) is 38.8. The van der Waals surface area contributed by atoms with Gasteiger partial charge in [-0.3, -0.25) is 0 Å². The van der Waals surface area contributed by atoms with E-state index in [2.05, 4.69) is 0 Å². The Hall–Kier alpha value is 0.958. The van der Waals surface area contributed by atoms with Gasteiger partial charge in [-0.1, -0.05) is 37.8 Å². The zero-order chi connectivity index (χ0) is 15.8. The highest BCUT2D eigenvalue weighted by Crippen LogP contribution is 2.45. The van der Waals surface area contributed by atoms with Crippen molar-refractivity contribution < 1.29 is 25.2 Å². The molecule has 1 saturated heterocycles. The maximum atomic E-state index is 11.2. The lowest BCUT2D eigenvalue weighted by Gasteiger charge is -2.61. The third-order valence-electron chi connectivity index (χ3n) is 4.90. The van der Waals surface area contributed by atoms with Gasteiger partial charge in [-0.05, 0) is 0 Å². The fourth-order valence-electron chi connectivity index (χ4n) is 3.33. The van der Waals surface area contributed by atoms with E-state index in [1.54, 1.807) is 0 Å². The second-order valence-corrected chi connectivity index (χ2v) is 13.0. The Morgan fingerprint density at radius 1 is 1.00 bits per heavy atom. The van der Waals surface area contributed by atoms with Crippen LogP contribution in [0.4, 0.5) is 0 Å². The highest BCUT2D eigenvalue weighted by molar-refractivity contribution is 6.53. The van der Waals surface area contributed by atoms with Gasteiger partial charge in [-0.2, -0.15) is 0 Å². The molecule has 1 heterocycles. The standard InChI is InChI=1S/C10H27ClO5Si4/c1-17-6(12)5-8(13,18-2)10(15,20-4)9(14,19-3)7(11)16-5/h5-7,12-15H,17-20H2,1-4H3/t5-,6?,7+,8+,9-,10-/m1/s1. The molecular formula is C10H27ClO5Si4. The number of rotatable bonds is 5. The van der Waals surface area contributed by atoms with E-state index in [1.165, 1.54) is 0 Å². The van der Waals surface area contributed by atoms with E-state index in [0.717, 1.165) is 0 Å². The van der Waals surface area contributed by atoms with Gasteiger partial charge in [-0.15, -0.1) is 0 Å². The number of aliphatic hydroxyl groups excluding tert-OH is 1. The van der Waals surface area contributed by atoms with Crippen molar-refractivity contribution in [3.05, 3.63) is 0 Å². The minimum Gasteiger partial charge on any atom is -0.394 e. The van der Waals surface area contributed by atoms with Crippen molar-refractivity contribution in [3.8, 4) is 0 Å². The number of alkyl halides is 1. The van der Waals surface area contributed by atoms with E-state index < -0.39 is 71.1 Å². The van der Waals surface area contributed by atoms with Crippen molar-refractivity contribution >= 4 is 49.7 Å². The molecule has 0 aromatic carbocycles. The van der Waals surface area contributed by atoms with Crippen LogP contribution in [0.3, 0.4) is 0 Å². The molecule has 6 atom stereocenters. The summed E-state index contributed by atoms with van der Waals surface area (Å²) >= 11 is 6.20. The second kappa shape index (κ2) is 6.60. The average Bonchev–Trinajstić information content (AvgIpc) is 2.47. The Morgan fingerprint density at radius 3 is 1.85 bits per heavy atom. The Bertz CT molecular complexity index is 354. The Labute approximate surface area is 134 Å². The Kier molecular flexibility index (Phi) is 6.27. The third kappa shape index (κ3) is 2.45. The number of ether oxygens (including phenoxy) is 1. The first-order valence-electron chi connectivity index (χ1n) is 7.33. The summed E-state index contributed by atoms with van der Waals surface area (Å²) < 4.78 is 5.63. The van der Waals surface area contributed by atoms with Crippen molar-refractivity contribution in [2.45, 2.75) is 59.3 Å². The molecule has 120 valence electrons. The van der Waals surface area contributed by atoms with E-state index in [0.29, 0.717) is 0 Å². The SMILES string of the molecule is C[SiH2]C(O)[C@H]1O[C@H](Cl)[C@@](O)([SiH2]C)[C@](O)([SiH2]C)[C@@]1(O)[SiH2]C. The van der Waals surface area contributed by atoms with Gasteiger partial charge in [0.1, 0.15) is 21.8 Å². The molecule has 0 radical (unpaired) electrons. The van der Waals surface area contributed by atoms with E-state index in [1.807, 2.05) is 26.2 Å². The molecule has 5 nitrogen and oxygen atoms in total. The van der Waals surface area contributed by atoms with Crippen molar-refractivity contribution in [2.24, 2.45) is 0 Å². The fourth-order valence-corrected chi connectivity index (χ4v) is 13.3. The molecule has 0 aliphatic carbocycles. The summed E-state index contributed by atoms with van der Waals surface area (Å²) in [7, 11) is -4.34. The highest BCUT2D eigenvalue weighted by Gasteiger charge is 2.69. The van der Waals surface area contributed by atoms with E-state index in [9.17, 15) is 20.4 Å². The lowest BCUT2D eigenvalue weighted by Crippen LogP contribution is -2.85. The largest absolute Gasteiger partial charge is 0.394 e. The Morgan fingerprint density at radius 2 is 1.50 bits per heavy atom. The molecule has 1 fully saturated rings. The lowest BCUT2D eigenvalue weighted by molar-refractivity contribution is -0.267. The molecule has 0 spiro atoms. The van der Waals surface area contributed by atoms with Crippen LogP contribution in [-0.2, 0) is 4.74 Å². The predicted molar refractivity (Wildman–Crippen MR) is 93.0 cm³/mol. The Balaban J connectivity index is 3.41. The van der Waals surface area contributed by atoms with Crippen LogP contribution in [0.25, 0.3) is 0 Å². The minimum atomic E-state index is -1.57. The predicted octanol–water partition coefficient (Wildman–Crippen LogP) is -3.80. The number of aliphatic hydroxyl groups is 4. The molecule has 0 aromatic rings. The van der Waals surface area contributed by atoms with E-state index >= 15 is 0 Å². The van der Waals surface area contributed by atoms with Crippen LogP contribution >= 0.6 is 11.6 Å². The molecule has 0 saturated carbocycles. The molecule has 1 rings (SSSR count). The molecule has 1 unspecified atom stereocenters. The first-order chi connectivity index (χ1) is 9.18. The molecule has 20 heavy (non-hydrogen) atoms. The van der Waals surface area contributed by atoms with Crippen LogP contribution in [0.5, 0.6) is 0 Å². The normalized spacial score (nSPS) is 49.6. The van der Waals surface area contributed by atoms with Gasteiger partial charge in [0, 0.05) is 0 Å². The second-order valence-electron chi connectivity index (χ2n) is 5.62. The van der Waals surface area contributed by atoms with Gasteiger partial charge in [0.05, 0.1) is 43.8 Å². The summed E-state index contributed by atoms with van der Waals surface area (Å²) in [6, 6.07) is 0. The van der Waals surface area contributed by atoms with Gasteiger partial charge in [0.2, 0.25) is 0 Å². The summed E-state index contributed by atoms with van der Waals surface area (Å²) in [5.74, 6) is 0. The smallest absolute Gasteiger partial charge is 0.159 e. The summed E-state index contributed by atoms with van der Waals surface area (Å²) in [6.07, 6.45) is -0.864. The molecule has 0 aromatic heterocycles. The van der Waals surface area contributed by atoms with Crippen LogP contribution < -0.4 is 0 Å². The zero-order valence-electron chi connectivity index (χ0n) is 12.6. The molecule has 10 heteroatoms. The van der Waals surface area contributed by atoms with Gasteiger partial charge in [0.15, 0.2) is 5.56 Å². The zero-order valence-corrected chi connectivity index (χ0v) is 19.0. The fraction of sp³-hybridized carbons (Fsp3) is 1.00. The van der Waals surface area contributed by atoms with E-state index in [-0.39, 0.29) is 0 Å². The van der Waals surface area contributed by atoms with Gasteiger partial charge < -0.3 is 25.2 Å². The van der Waals surface area contributed by atoms with Crippen molar-refractivity contribution in [3.63, 3.8) is 0 Å². The maximum Gasteiger partial charge on any atom is 0.159 e. The number of hydrogen-bond acceptors (Lipinski definition) is 5. The molecule has 0 bridgehead atoms. The van der Waals surface area contributed by atoms with E-state index in [4.69, 9.17) is 16.3 Å². The minimum absolute atomic E-state index is 0.760.